The summed E-state index contributed by atoms with van der Waals surface area (Å²) in [7, 11) is 4.36. The van der Waals surface area contributed by atoms with Gasteiger partial charge in [-0.3, -0.25) is 14.3 Å². The van der Waals surface area contributed by atoms with Gasteiger partial charge in [0.05, 0.1) is 19.0 Å². The third-order valence-electron chi connectivity index (χ3n) is 2.11. The summed E-state index contributed by atoms with van der Waals surface area (Å²) in [4.78, 5) is 24.1. The first-order chi connectivity index (χ1) is 7.47. The van der Waals surface area contributed by atoms with Gasteiger partial charge in [-0.2, -0.15) is 5.10 Å². The van der Waals surface area contributed by atoms with E-state index in [1.54, 1.807) is 7.05 Å². The van der Waals surface area contributed by atoms with E-state index in [2.05, 4.69) is 9.84 Å². The molecular weight excluding hydrogens is 212 g/mol. The number of nitrogens with zero attached hydrogens (tertiary/aromatic N) is 3. The first-order valence-electron chi connectivity index (χ1n) is 4.57. The fraction of sp³-hybridized carbons (Fsp3) is 0.444. The van der Waals surface area contributed by atoms with Crippen molar-refractivity contribution in [2.24, 2.45) is 7.05 Å². The zero-order valence-corrected chi connectivity index (χ0v) is 9.43. The van der Waals surface area contributed by atoms with E-state index in [-0.39, 0.29) is 23.8 Å². The van der Waals surface area contributed by atoms with Crippen LogP contribution in [0.2, 0.25) is 0 Å². The van der Waals surface area contributed by atoms with E-state index in [9.17, 15) is 9.59 Å². The molecule has 1 aromatic rings. The Bertz CT molecular complexity index is 393. The predicted octanol–water partition coefficient (Wildman–Crippen LogP) is -0.753. The number of likely N-dealkylation sites (N-methyl/N-ethyl adjacent to an activating group) is 1. The number of carbonyl (C=O) groups excluding carboxylic acids is 2. The van der Waals surface area contributed by atoms with Crippen molar-refractivity contribution in [3.8, 4) is 0 Å². The largest absolute Gasteiger partial charge is 0.468 e. The van der Waals surface area contributed by atoms with E-state index in [1.807, 2.05) is 0 Å². The van der Waals surface area contributed by atoms with Crippen molar-refractivity contribution in [2.45, 2.75) is 0 Å². The van der Waals surface area contributed by atoms with Crippen molar-refractivity contribution < 1.29 is 14.3 Å². The fourth-order valence-electron chi connectivity index (χ4n) is 1.23. The van der Waals surface area contributed by atoms with Crippen LogP contribution in [0.4, 0.5) is 5.69 Å². The summed E-state index contributed by atoms with van der Waals surface area (Å²) in [5, 5.41) is 3.85. The van der Waals surface area contributed by atoms with Crippen LogP contribution < -0.4 is 5.73 Å². The minimum absolute atomic E-state index is 0.125. The SMILES string of the molecule is COC(=O)CN(C)C(=O)c1c(N)cnn1C. The second-order valence-corrected chi connectivity index (χ2v) is 3.31. The fourth-order valence-corrected chi connectivity index (χ4v) is 1.23. The van der Waals surface area contributed by atoms with E-state index >= 15 is 0 Å². The molecule has 7 nitrogen and oxygen atoms in total. The standard InChI is InChI=1S/C9H14N4O3/c1-12(5-7(14)16-3)9(15)8-6(10)4-11-13(8)2/h4H,5,10H2,1-3H3. The molecular formula is C9H14N4O3. The van der Waals surface area contributed by atoms with Gasteiger partial charge < -0.3 is 15.4 Å². The summed E-state index contributed by atoms with van der Waals surface area (Å²) in [6.07, 6.45) is 1.39. The molecule has 0 aromatic carbocycles. The Morgan fingerprint density at radius 1 is 1.62 bits per heavy atom. The number of nitrogens with two attached hydrogens (primary N) is 1. The highest BCUT2D eigenvalue weighted by Gasteiger charge is 2.20. The molecule has 0 saturated heterocycles. The Morgan fingerprint density at radius 3 is 2.69 bits per heavy atom. The van der Waals surface area contributed by atoms with Gasteiger partial charge in [0.1, 0.15) is 12.2 Å². The lowest BCUT2D eigenvalue weighted by Crippen LogP contribution is -2.34. The number of carbonyl (C=O) groups is 2. The topological polar surface area (TPSA) is 90.4 Å². The van der Waals surface area contributed by atoms with Crippen LogP contribution in [0.5, 0.6) is 0 Å². The predicted molar refractivity (Wildman–Crippen MR) is 56.6 cm³/mol. The summed E-state index contributed by atoms with van der Waals surface area (Å²) in [5.41, 5.74) is 6.13. The third-order valence-corrected chi connectivity index (χ3v) is 2.11. The number of rotatable bonds is 3. The molecule has 0 aliphatic rings. The molecule has 0 bridgehead atoms. The summed E-state index contributed by atoms with van der Waals surface area (Å²) < 4.78 is 5.83. The maximum Gasteiger partial charge on any atom is 0.325 e. The lowest BCUT2D eigenvalue weighted by Gasteiger charge is -2.15. The highest BCUT2D eigenvalue weighted by atomic mass is 16.5. The lowest BCUT2D eigenvalue weighted by molar-refractivity contribution is -0.141. The Balaban J connectivity index is 2.82. The number of amides is 1. The molecule has 1 rings (SSSR count). The number of hydrogen-bond acceptors (Lipinski definition) is 5. The van der Waals surface area contributed by atoms with Gasteiger partial charge >= 0.3 is 5.97 Å². The number of aromatic nitrogens is 2. The molecule has 0 atom stereocenters. The van der Waals surface area contributed by atoms with Crippen LogP contribution in [0.15, 0.2) is 6.20 Å². The van der Waals surface area contributed by atoms with E-state index in [0.29, 0.717) is 0 Å². The highest BCUT2D eigenvalue weighted by Crippen LogP contribution is 2.11. The van der Waals surface area contributed by atoms with E-state index in [1.165, 1.54) is 29.9 Å². The Kier molecular flexibility index (Phi) is 3.49. The van der Waals surface area contributed by atoms with E-state index in [0.717, 1.165) is 0 Å². The second kappa shape index (κ2) is 4.65. The van der Waals surface area contributed by atoms with Crippen molar-refractivity contribution in [3.05, 3.63) is 11.9 Å². The van der Waals surface area contributed by atoms with E-state index in [4.69, 9.17) is 5.73 Å². The summed E-state index contributed by atoms with van der Waals surface area (Å²) >= 11 is 0. The molecule has 16 heavy (non-hydrogen) atoms. The van der Waals surface area contributed by atoms with Gasteiger partial charge in [0, 0.05) is 14.1 Å². The van der Waals surface area contributed by atoms with Crippen LogP contribution in [0, 0.1) is 0 Å². The highest BCUT2D eigenvalue weighted by molar-refractivity contribution is 5.98. The number of esters is 1. The number of ether oxygens (including phenoxy) is 1. The van der Waals surface area contributed by atoms with Crippen LogP contribution in [0.1, 0.15) is 10.5 Å². The second-order valence-electron chi connectivity index (χ2n) is 3.31. The van der Waals surface area contributed by atoms with Crippen molar-refractivity contribution in [1.82, 2.24) is 14.7 Å². The smallest absolute Gasteiger partial charge is 0.325 e. The first-order valence-corrected chi connectivity index (χ1v) is 4.57. The summed E-state index contributed by atoms with van der Waals surface area (Å²) in [5.74, 6) is -0.862. The molecule has 0 fully saturated rings. The van der Waals surface area contributed by atoms with Crippen LogP contribution in [-0.2, 0) is 16.6 Å². The number of aryl methyl sites for hydroxylation is 1. The number of hydrogen-bond donors (Lipinski definition) is 1. The van der Waals surface area contributed by atoms with E-state index < -0.39 is 5.97 Å². The van der Waals surface area contributed by atoms with Gasteiger partial charge in [0.15, 0.2) is 0 Å². The molecule has 0 aliphatic carbocycles. The molecule has 0 unspecified atom stereocenters. The van der Waals surface area contributed by atoms with Crippen molar-refractivity contribution >= 4 is 17.6 Å². The first kappa shape index (κ1) is 12.0. The van der Waals surface area contributed by atoms with Crippen molar-refractivity contribution in [1.29, 1.82) is 0 Å². The van der Waals surface area contributed by atoms with Gasteiger partial charge in [-0.15, -0.1) is 0 Å². The summed E-state index contributed by atoms with van der Waals surface area (Å²) in [6, 6.07) is 0. The molecule has 0 radical (unpaired) electrons. The molecule has 2 N–H and O–H groups in total. The average Bonchev–Trinajstić information content (AvgIpc) is 2.57. The molecule has 88 valence electrons. The van der Waals surface area contributed by atoms with Gasteiger partial charge in [-0.05, 0) is 0 Å². The molecule has 0 saturated carbocycles. The van der Waals surface area contributed by atoms with Crippen LogP contribution >= 0.6 is 0 Å². The number of methoxy groups -OCH3 is 1. The molecule has 7 heteroatoms. The van der Waals surface area contributed by atoms with Crippen LogP contribution in [0.25, 0.3) is 0 Å². The lowest BCUT2D eigenvalue weighted by atomic mass is 10.3. The average molecular weight is 226 g/mol. The molecule has 0 aliphatic heterocycles. The van der Waals surface area contributed by atoms with Gasteiger partial charge in [-0.25, -0.2) is 0 Å². The molecule has 1 amide bonds. The monoisotopic (exact) mass is 226 g/mol. The Labute approximate surface area is 92.8 Å². The maximum atomic E-state index is 11.9. The van der Waals surface area contributed by atoms with Crippen molar-refractivity contribution in [3.63, 3.8) is 0 Å². The van der Waals surface area contributed by atoms with Gasteiger partial charge in [0.2, 0.25) is 0 Å². The normalized spacial score (nSPS) is 9.94. The van der Waals surface area contributed by atoms with Gasteiger partial charge in [0.25, 0.3) is 5.91 Å². The Hall–Kier alpha value is -2.05. The molecule has 0 spiro atoms. The summed E-state index contributed by atoms with van der Waals surface area (Å²) in [6.45, 7) is -0.125. The minimum atomic E-state index is -0.489. The van der Waals surface area contributed by atoms with Crippen molar-refractivity contribution in [2.75, 3.05) is 26.4 Å². The number of nitrogen functional groups attached to an aromatic ring is 1. The van der Waals surface area contributed by atoms with Crippen LogP contribution in [0.3, 0.4) is 0 Å². The minimum Gasteiger partial charge on any atom is -0.468 e. The zero-order valence-electron chi connectivity index (χ0n) is 9.43. The quantitative estimate of drug-likeness (QED) is 0.685. The molecule has 1 aromatic heterocycles. The zero-order chi connectivity index (χ0) is 12.3. The van der Waals surface area contributed by atoms with Gasteiger partial charge in [-0.1, -0.05) is 0 Å². The van der Waals surface area contributed by atoms with Crippen LogP contribution in [-0.4, -0.2) is 47.3 Å². The molecule has 1 heterocycles. The third kappa shape index (κ3) is 2.30. The Morgan fingerprint density at radius 2 is 2.25 bits per heavy atom. The number of anilines is 1. The maximum absolute atomic E-state index is 11.9.